The molecule has 0 bridgehead atoms. The molecule has 0 saturated carbocycles. The van der Waals surface area contributed by atoms with Gasteiger partial charge in [-0.05, 0) is 19.8 Å². The number of ether oxygens (including phenoxy) is 1. The van der Waals surface area contributed by atoms with Gasteiger partial charge in [-0.1, -0.05) is 26.7 Å². The summed E-state index contributed by atoms with van der Waals surface area (Å²) in [4.78, 5) is 11.8. The molecule has 0 radical (unpaired) electrons. The van der Waals surface area contributed by atoms with Crippen molar-refractivity contribution in [2.75, 3.05) is 6.54 Å². The summed E-state index contributed by atoms with van der Waals surface area (Å²) < 4.78 is 7.39. The van der Waals surface area contributed by atoms with E-state index >= 15 is 0 Å². The summed E-state index contributed by atoms with van der Waals surface area (Å²) in [5.74, 6) is 0.573. The van der Waals surface area contributed by atoms with Crippen molar-refractivity contribution < 1.29 is 9.53 Å². The monoisotopic (exact) mass is 267 g/mol. The summed E-state index contributed by atoms with van der Waals surface area (Å²) in [5.41, 5.74) is 0. The summed E-state index contributed by atoms with van der Waals surface area (Å²) in [6.07, 6.45) is 7.32. The van der Waals surface area contributed by atoms with Crippen LogP contribution in [0.15, 0.2) is 12.4 Å². The topological polar surface area (TPSA) is 56.1 Å². The standard InChI is InChI=1S/C14H25N3O2/c1-4-6-7-8-15-14(18)12(3)19-13-10-16-17(11-13)9-5-2/h10-12H,4-9H2,1-3H3,(H,15,18). The van der Waals surface area contributed by atoms with Crippen LogP contribution in [-0.2, 0) is 11.3 Å². The normalized spacial score (nSPS) is 12.2. The van der Waals surface area contributed by atoms with Crippen LogP contribution in [0.4, 0.5) is 0 Å². The Hall–Kier alpha value is -1.52. The Kier molecular flexibility index (Phi) is 7.00. The Morgan fingerprint density at radius 2 is 2.21 bits per heavy atom. The summed E-state index contributed by atoms with van der Waals surface area (Å²) >= 11 is 0. The highest BCUT2D eigenvalue weighted by Crippen LogP contribution is 2.11. The third-order valence-electron chi connectivity index (χ3n) is 2.82. The van der Waals surface area contributed by atoms with Crippen molar-refractivity contribution in [2.45, 2.75) is 59.1 Å². The Morgan fingerprint density at radius 3 is 2.89 bits per heavy atom. The first-order valence-corrected chi connectivity index (χ1v) is 7.14. The largest absolute Gasteiger partial charge is 0.478 e. The fourth-order valence-corrected chi connectivity index (χ4v) is 1.74. The molecule has 108 valence electrons. The highest BCUT2D eigenvalue weighted by atomic mass is 16.5. The van der Waals surface area contributed by atoms with Gasteiger partial charge >= 0.3 is 0 Å². The van der Waals surface area contributed by atoms with Crippen molar-refractivity contribution in [3.8, 4) is 5.75 Å². The average Bonchev–Trinajstić information content (AvgIpc) is 2.82. The van der Waals surface area contributed by atoms with Crippen LogP contribution in [0.25, 0.3) is 0 Å². The van der Waals surface area contributed by atoms with E-state index in [0.717, 1.165) is 38.8 Å². The van der Waals surface area contributed by atoms with E-state index in [1.807, 2.05) is 10.9 Å². The molecule has 0 fully saturated rings. The molecular formula is C14H25N3O2. The third kappa shape index (κ3) is 5.77. The highest BCUT2D eigenvalue weighted by Gasteiger charge is 2.14. The Balaban J connectivity index is 2.31. The Labute approximate surface area is 115 Å². The first-order chi connectivity index (χ1) is 9.17. The lowest BCUT2D eigenvalue weighted by Gasteiger charge is -2.13. The van der Waals surface area contributed by atoms with E-state index in [2.05, 4.69) is 24.3 Å². The molecule has 1 heterocycles. The minimum atomic E-state index is -0.485. The second-order valence-electron chi connectivity index (χ2n) is 4.70. The van der Waals surface area contributed by atoms with Crippen LogP contribution < -0.4 is 10.1 Å². The number of nitrogens with zero attached hydrogens (tertiary/aromatic N) is 2. The summed E-state index contributed by atoms with van der Waals surface area (Å²) in [5, 5.41) is 7.04. The zero-order chi connectivity index (χ0) is 14.1. The fourth-order valence-electron chi connectivity index (χ4n) is 1.74. The molecule has 1 amide bonds. The molecule has 5 nitrogen and oxygen atoms in total. The Morgan fingerprint density at radius 1 is 1.42 bits per heavy atom. The van der Waals surface area contributed by atoms with E-state index in [9.17, 15) is 4.79 Å². The van der Waals surface area contributed by atoms with E-state index in [0.29, 0.717) is 5.75 Å². The molecule has 0 spiro atoms. The smallest absolute Gasteiger partial charge is 0.260 e. The summed E-state index contributed by atoms with van der Waals surface area (Å²) in [7, 11) is 0. The van der Waals surface area contributed by atoms with Gasteiger partial charge in [0.1, 0.15) is 0 Å². The summed E-state index contributed by atoms with van der Waals surface area (Å²) in [6.45, 7) is 7.57. The van der Waals surface area contributed by atoms with Crippen molar-refractivity contribution in [3.63, 3.8) is 0 Å². The van der Waals surface area contributed by atoms with Gasteiger partial charge in [0.2, 0.25) is 0 Å². The van der Waals surface area contributed by atoms with Gasteiger partial charge in [0.15, 0.2) is 11.9 Å². The predicted molar refractivity (Wildman–Crippen MR) is 75.1 cm³/mol. The SMILES string of the molecule is CCCCCNC(=O)C(C)Oc1cnn(CCC)c1. The number of unbranched alkanes of at least 4 members (excludes halogenated alkanes) is 2. The number of hydrogen-bond acceptors (Lipinski definition) is 3. The van der Waals surface area contributed by atoms with Crippen molar-refractivity contribution in [2.24, 2.45) is 0 Å². The lowest BCUT2D eigenvalue weighted by Crippen LogP contribution is -2.36. The molecule has 1 N–H and O–H groups in total. The van der Waals surface area contributed by atoms with Crippen LogP contribution in [0.1, 0.15) is 46.5 Å². The number of rotatable bonds is 9. The molecule has 19 heavy (non-hydrogen) atoms. The molecule has 0 aliphatic heterocycles. The highest BCUT2D eigenvalue weighted by molar-refractivity contribution is 5.80. The number of carbonyl (C=O) groups excluding carboxylic acids is 1. The first kappa shape index (κ1) is 15.5. The van der Waals surface area contributed by atoms with Gasteiger partial charge in [-0.2, -0.15) is 5.10 Å². The van der Waals surface area contributed by atoms with Crippen molar-refractivity contribution in [3.05, 3.63) is 12.4 Å². The molecule has 1 atom stereocenters. The van der Waals surface area contributed by atoms with E-state index in [-0.39, 0.29) is 5.91 Å². The maximum absolute atomic E-state index is 11.8. The number of aryl methyl sites for hydroxylation is 1. The summed E-state index contributed by atoms with van der Waals surface area (Å²) in [6, 6.07) is 0. The number of nitrogens with one attached hydrogen (secondary N) is 1. The number of aromatic nitrogens is 2. The van der Waals surface area contributed by atoms with E-state index < -0.39 is 6.10 Å². The second-order valence-corrected chi connectivity index (χ2v) is 4.70. The zero-order valence-corrected chi connectivity index (χ0v) is 12.2. The van der Waals surface area contributed by atoms with Gasteiger partial charge in [-0.15, -0.1) is 0 Å². The lowest BCUT2D eigenvalue weighted by molar-refractivity contribution is -0.127. The van der Waals surface area contributed by atoms with E-state index in [4.69, 9.17) is 4.74 Å². The number of carbonyl (C=O) groups is 1. The molecule has 1 aromatic heterocycles. The quantitative estimate of drug-likeness (QED) is 0.699. The fraction of sp³-hybridized carbons (Fsp3) is 0.714. The van der Waals surface area contributed by atoms with Crippen molar-refractivity contribution in [1.29, 1.82) is 0 Å². The molecule has 0 aromatic carbocycles. The lowest BCUT2D eigenvalue weighted by atomic mass is 10.2. The first-order valence-electron chi connectivity index (χ1n) is 7.14. The van der Waals surface area contributed by atoms with Gasteiger partial charge in [0.05, 0.1) is 12.4 Å². The molecule has 1 unspecified atom stereocenters. The maximum atomic E-state index is 11.8. The molecule has 1 rings (SSSR count). The van der Waals surface area contributed by atoms with E-state index in [1.165, 1.54) is 0 Å². The number of amides is 1. The van der Waals surface area contributed by atoms with Crippen molar-refractivity contribution in [1.82, 2.24) is 15.1 Å². The zero-order valence-electron chi connectivity index (χ0n) is 12.2. The van der Waals surface area contributed by atoms with Gasteiger partial charge in [0, 0.05) is 13.1 Å². The van der Waals surface area contributed by atoms with Gasteiger partial charge in [-0.25, -0.2) is 0 Å². The van der Waals surface area contributed by atoms with Crippen LogP contribution >= 0.6 is 0 Å². The molecule has 0 aliphatic carbocycles. The van der Waals surface area contributed by atoms with Gasteiger partial charge < -0.3 is 10.1 Å². The predicted octanol–water partition coefficient (Wildman–Crippen LogP) is 2.37. The maximum Gasteiger partial charge on any atom is 0.260 e. The van der Waals surface area contributed by atoms with Crippen LogP contribution in [-0.4, -0.2) is 28.3 Å². The van der Waals surface area contributed by atoms with Gasteiger partial charge in [0.25, 0.3) is 5.91 Å². The molecule has 0 aliphatic rings. The van der Waals surface area contributed by atoms with Crippen LogP contribution in [0.5, 0.6) is 5.75 Å². The van der Waals surface area contributed by atoms with Crippen LogP contribution in [0, 0.1) is 0 Å². The minimum absolute atomic E-state index is 0.0701. The minimum Gasteiger partial charge on any atom is -0.478 e. The molecule has 1 aromatic rings. The number of hydrogen-bond donors (Lipinski definition) is 1. The second kappa shape index (κ2) is 8.56. The van der Waals surface area contributed by atoms with Crippen LogP contribution in [0.3, 0.4) is 0 Å². The Bertz CT molecular complexity index is 377. The van der Waals surface area contributed by atoms with Crippen LogP contribution in [0.2, 0.25) is 0 Å². The molecule has 5 heteroatoms. The average molecular weight is 267 g/mol. The molecular weight excluding hydrogens is 242 g/mol. The van der Waals surface area contributed by atoms with E-state index in [1.54, 1.807) is 13.1 Å². The third-order valence-corrected chi connectivity index (χ3v) is 2.82. The van der Waals surface area contributed by atoms with Gasteiger partial charge in [-0.3, -0.25) is 9.48 Å². The molecule has 0 saturated heterocycles. The van der Waals surface area contributed by atoms with Crippen molar-refractivity contribution >= 4 is 5.91 Å².